The number of benzene rings is 1. The highest BCUT2D eigenvalue weighted by atomic mass is 19.1. The maximum Gasteiger partial charge on any atom is 0.253 e. The van der Waals surface area contributed by atoms with Gasteiger partial charge in [0.2, 0.25) is 0 Å². The second-order valence-electron chi connectivity index (χ2n) is 5.58. The van der Waals surface area contributed by atoms with Crippen molar-refractivity contribution in [1.29, 1.82) is 0 Å². The number of nitrogens with zero attached hydrogens (tertiary/aromatic N) is 2. The summed E-state index contributed by atoms with van der Waals surface area (Å²) in [6, 6.07) is 11.5. The van der Waals surface area contributed by atoms with E-state index in [1.54, 1.807) is 30.6 Å². The maximum atomic E-state index is 12.9. The Morgan fingerprint density at radius 3 is 2.88 bits per heavy atom. The first-order chi connectivity index (χ1) is 12.2. The Labute approximate surface area is 142 Å². The Bertz CT molecular complexity index is 1040. The van der Waals surface area contributed by atoms with Gasteiger partial charge in [-0.05, 0) is 35.9 Å². The van der Waals surface area contributed by atoms with E-state index in [0.717, 1.165) is 22.3 Å². The van der Waals surface area contributed by atoms with Crippen LogP contribution in [0.5, 0.6) is 0 Å². The quantitative estimate of drug-likeness (QED) is 0.536. The molecule has 3 heterocycles. The predicted octanol–water partition coefficient (Wildman–Crippen LogP) is 3.02. The van der Waals surface area contributed by atoms with Gasteiger partial charge >= 0.3 is 0 Å². The molecule has 4 rings (SSSR count). The van der Waals surface area contributed by atoms with Gasteiger partial charge in [0.05, 0.1) is 17.0 Å². The fourth-order valence-electron chi connectivity index (χ4n) is 2.61. The minimum absolute atomic E-state index is 0.214. The molecule has 4 aromatic rings. The number of carbonyl (C=O) groups is 1. The molecule has 0 saturated heterocycles. The summed E-state index contributed by atoms with van der Waals surface area (Å²) >= 11 is 0. The van der Waals surface area contributed by atoms with Crippen molar-refractivity contribution in [2.45, 2.75) is 6.54 Å². The third-order valence-electron chi connectivity index (χ3n) is 3.91. The molecule has 1 aromatic carbocycles. The molecule has 0 unspecified atom stereocenters. The number of fused-ring (bicyclic) bond motifs is 1. The molecule has 1 amide bonds. The Morgan fingerprint density at radius 2 is 2.04 bits per heavy atom. The molecule has 7 heteroatoms. The van der Waals surface area contributed by atoms with Crippen molar-refractivity contribution in [3.05, 3.63) is 71.8 Å². The highest BCUT2D eigenvalue weighted by Crippen LogP contribution is 2.24. The first-order valence-corrected chi connectivity index (χ1v) is 7.71. The fourth-order valence-corrected chi connectivity index (χ4v) is 2.61. The lowest BCUT2D eigenvalue weighted by Gasteiger charge is -2.03. The van der Waals surface area contributed by atoms with Crippen LogP contribution in [0, 0.1) is 5.82 Å². The van der Waals surface area contributed by atoms with Gasteiger partial charge in [0.15, 0.2) is 5.65 Å². The second kappa shape index (κ2) is 6.20. The maximum absolute atomic E-state index is 12.9. The molecule has 0 aliphatic rings. The number of rotatable bonds is 4. The van der Waals surface area contributed by atoms with E-state index in [1.165, 1.54) is 12.1 Å². The Morgan fingerprint density at radius 1 is 1.20 bits per heavy atom. The minimum atomic E-state index is -0.299. The van der Waals surface area contributed by atoms with E-state index in [2.05, 4.69) is 25.5 Å². The zero-order valence-corrected chi connectivity index (χ0v) is 13.1. The molecular formula is C18H14FN5O. The fraction of sp³-hybridized carbons (Fsp3) is 0.0556. The normalized spacial score (nSPS) is 10.9. The number of hydrogen-bond donors (Lipinski definition) is 3. The summed E-state index contributed by atoms with van der Waals surface area (Å²) in [4.78, 5) is 19.5. The number of H-pyrrole nitrogens is 2. The average molecular weight is 335 g/mol. The van der Waals surface area contributed by atoms with Crippen molar-refractivity contribution >= 4 is 16.9 Å². The second-order valence-corrected chi connectivity index (χ2v) is 5.58. The van der Waals surface area contributed by atoms with Crippen LogP contribution in [0.4, 0.5) is 4.39 Å². The van der Waals surface area contributed by atoms with Crippen molar-refractivity contribution in [3.63, 3.8) is 0 Å². The molecule has 0 saturated carbocycles. The Kier molecular flexibility index (Phi) is 3.74. The van der Waals surface area contributed by atoms with Gasteiger partial charge in [0, 0.05) is 24.3 Å². The average Bonchev–Trinajstić information content (AvgIpc) is 3.27. The molecule has 0 aliphatic carbocycles. The van der Waals surface area contributed by atoms with E-state index in [-0.39, 0.29) is 11.7 Å². The van der Waals surface area contributed by atoms with Crippen LogP contribution in [0.15, 0.2) is 54.9 Å². The van der Waals surface area contributed by atoms with E-state index in [4.69, 9.17) is 0 Å². The van der Waals surface area contributed by atoms with Crippen LogP contribution >= 0.6 is 0 Å². The first kappa shape index (κ1) is 15.1. The number of hydrogen-bond acceptors (Lipinski definition) is 3. The van der Waals surface area contributed by atoms with Gasteiger partial charge in [-0.15, -0.1) is 0 Å². The van der Waals surface area contributed by atoms with Gasteiger partial charge < -0.3 is 10.3 Å². The first-order valence-electron chi connectivity index (χ1n) is 7.71. The molecular weight excluding hydrogens is 321 g/mol. The lowest BCUT2D eigenvalue weighted by atomic mass is 10.2. The number of pyridine rings is 1. The summed E-state index contributed by atoms with van der Waals surface area (Å²) in [7, 11) is 0. The molecule has 124 valence electrons. The van der Waals surface area contributed by atoms with Crippen LogP contribution in [0.2, 0.25) is 0 Å². The summed E-state index contributed by atoms with van der Waals surface area (Å²) < 4.78 is 12.9. The molecule has 6 nitrogen and oxygen atoms in total. The molecule has 0 fully saturated rings. The third kappa shape index (κ3) is 2.99. The molecule has 3 N–H and O–H groups in total. The SMILES string of the molecule is O=C(NCc1ccc(F)cc1)c1c[nH]c(-c2[nH]nc3ncccc23)c1. The number of nitrogens with one attached hydrogen (secondary N) is 3. The third-order valence-corrected chi connectivity index (χ3v) is 3.91. The van der Waals surface area contributed by atoms with E-state index in [1.807, 2.05) is 12.1 Å². The summed E-state index contributed by atoms with van der Waals surface area (Å²) in [5, 5.41) is 10.8. The molecule has 25 heavy (non-hydrogen) atoms. The zero-order chi connectivity index (χ0) is 17.2. The Hall–Kier alpha value is -3.48. The zero-order valence-electron chi connectivity index (χ0n) is 13.1. The van der Waals surface area contributed by atoms with Crippen LogP contribution in [0.3, 0.4) is 0 Å². The number of carbonyl (C=O) groups excluding carboxylic acids is 1. The van der Waals surface area contributed by atoms with Crippen LogP contribution in [0.1, 0.15) is 15.9 Å². The van der Waals surface area contributed by atoms with Crippen molar-refractivity contribution in [2.75, 3.05) is 0 Å². The largest absolute Gasteiger partial charge is 0.359 e. The standard InChI is InChI=1S/C18H14FN5O/c19-13-5-3-11(4-6-13)9-22-18(25)12-8-15(21-10-12)16-14-2-1-7-20-17(14)24-23-16/h1-8,10,21H,9H2,(H,22,25)(H,20,23,24). The number of halogens is 1. The van der Waals surface area contributed by atoms with Crippen LogP contribution in [0.25, 0.3) is 22.4 Å². The number of aromatic amines is 2. The molecule has 0 atom stereocenters. The van der Waals surface area contributed by atoms with Gasteiger partial charge in [-0.3, -0.25) is 9.89 Å². The van der Waals surface area contributed by atoms with Gasteiger partial charge in [-0.25, -0.2) is 9.37 Å². The lowest BCUT2D eigenvalue weighted by Crippen LogP contribution is -2.22. The van der Waals surface area contributed by atoms with E-state index >= 15 is 0 Å². The summed E-state index contributed by atoms with van der Waals surface area (Å²) in [6.45, 7) is 0.330. The van der Waals surface area contributed by atoms with Crippen molar-refractivity contribution < 1.29 is 9.18 Å². The van der Waals surface area contributed by atoms with E-state index in [9.17, 15) is 9.18 Å². The number of amides is 1. The van der Waals surface area contributed by atoms with Gasteiger partial charge in [0.1, 0.15) is 5.82 Å². The summed E-state index contributed by atoms with van der Waals surface area (Å²) in [5.41, 5.74) is 3.48. The molecule has 0 bridgehead atoms. The van der Waals surface area contributed by atoms with Crippen LogP contribution in [-0.4, -0.2) is 26.1 Å². The highest BCUT2D eigenvalue weighted by molar-refractivity contribution is 5.97. The van der Waals surface area contributed by atoms with Gasteiger partial charge in [-0.2, -0.15) is 5.10 Å². The van der Waals surface area contributed by atoms with Crippen molar-refractivity contribution in [3.8, 4) is 11.4 Å². The lowest BCUT2D eigenvalue weighted by molar-refractivity contribution is 0.0951. The topological polar surface area (TPSA) is 86.5 Å². The van der Waals surface area contributed by atoms with E-state index < -0.39 is 0 Å². The Balaban J connectivity index is 1.50. The smallest absolute Gasteiger partial charge is 0.253 e. The van der Waals surface area contributed by atoms with Crippen LogP contribution in [-0.2, 0) is 6.54 Å². The predicted molar refractivity (Wildman–Crippen MR) is 91.2 cm³/mol. The monoisotopic (exact) mass is 335 g/mol. The molecule has 0 radical (unpaired) electrons. The molecule has 0 aliphatic heterocycles. The van der Waals surface area contributed by atoms with Crippen LogP contribution < -0.4 is 5.32 Å². The van der Waals surface area contributed by atoms with Gasteiger partial charge in [-0.1, -0.05) is 12.1 Å². The highest BCUT2D eigenvalue weighted by Gasteiger charge is 2.13. The van der Waals surface area contributed by atoms with Crippen molar-refractivity contribution in [2.24, 2.45) is 0 Å². The van der Waals surface area contributed by atoms with E-state index in [0.29, 0.717) is 17.8 Å². The summed E-state index contributed by atoms with van der Waals surface area (Å²) in [6.07, 6.45) is 3.31. The van der Waals surface area contributed by atoms with Crippen molar-refractivity contribution in [1.82, 2.24) is 25.5 Å². The molecule has 0 spiro atoms. The van der Waals surface area contributed by atoms with Gasteiger partial charge in [0.25, 0.3) is 5.91 Å². The number of aromatic nitrogens is 4. The minimum Gasteiger partial charge on any atom is -0.359 e. The molecule has 3 aromatic heterocycles. The summed E-state index contributed by atoms with van der Waals surface area (Å²) in [5.74, 6) is -0.514.